The van der Waals surface area contributed by atoms with E-state index in [0.29, 0.717) is 30.4 Å². The van der Waals surface area contributed by atoms with Crippen molar-refractivity contribution < 1.29 is 4.39 Å². The molecule has 0 aromatic carbocycles. The normalized spacial score (nSPS) is 23.9. The smallest absolute Gasteiger partial charge is 0.186 e. The largest absolute Gasteiger partial charge is 0.364 e. The molecular formula is C13H21FN4. The van der Waals surface area contributed by atoms with E-state index < -0.39 is 0 Å². The van der Waals surface area contributed by atoms with Gasteiger partial charge in [-0.05, 0) is 31.7 Å². The number of hydrogen-bond acceptors (Lipinski definition) is 4. The molecule has 0 spiro atoms. The number of halogens is 1. The summed E-state index contributed by atoms with van der Waals surface area (Å²) in [6.45, 7) is 2.53. The Morgan fingerprint density at radius 2 is 2.17 bits per heavy atom. The van der Waals surface area contributed by atoms with E-state index in [-0.39, 0.29) is 11.9 Å². The fourth-order valence-electron chi connectivity index (χ4n) is 2.61. The molecule has 100 valence electrons. The highest BCUT2D eigenvalue weighted by Gasteiger charge is 2.25. The van der Waals surface area contributed by atoms with Crippen LogP contribution in [0.15, 0.2) is 6.33 Å². The lowest BCUT2D eigenvalue weighted by Crippen LogP contribution is -2.37. The topological polar surface area (TPSA) is 63.8 Å². The minimum Gasteiger partial charge on any atom is -0.364 e. The molecular weight excluding hydrogens is 231 g/mol. The molecule has 2 atom stereocenters. The maximum absolute atomic E-state index is 14.0. The second-order valence-corrected chi connectivity index (χ2v) is 4.87. The first-order valence-electron chi connectivity index (χ1n) is 6.72. The number of nitrogens with two attached hydrogens (primary N) is 1. The summed E-state index contributed by atoms with van der Waals surface area (Å²) in [5, 5.41) is 3.22. The van der Waals surface area contributed by atoms with Gasteiger partial charge in [0.25, 0.3) is 0 Å². The number of rotatable bonds is 4. The molecule has 2 unspecified atom stereocenters. The number of anilines is 1. The summed E-state index contributed by atoms with van der Waals surface area (Å²) in [6.07, 6.45) is 6.53. The number of nitrogens with one attached hydrogen (secondary N) is 1. The molecule has 5 heteroatoms. The molecule has 0 bridgehead atoms. The Kier molecular flexibility index (Phi) is 4.47. The van der Waals surface area contributed by atoms with Gasteiger partial charge in [0.2, 0.25) is 0 Å². The Hall–Kier alpha value is -1.23. The Labute approximate surface area is 107 Å². The van der Waals surface area contributed by atoms with Crippen molar-refractivity contribution in [1.82, 2.24) is 9.97 Å². The van der Waals surface area contributed by atoms with Crippen molar-refractivity contribution in [2.45, 2.75) is 45.1 Å². The minimum absolute atomic E-state index is 0.234. The van der Waals surface area contributed by atoms with Gasteiger partial charge in [0, 0.05) is 6.04 Å². The van der Waals surface area contributed by atoms with E-state index >= 15 is 0 Å². The minimum atomic E-state index is -0.318. The van der Waals surface area contributed by atoms with Crippen LogP contribution in [0.1, 0.15) is 38.3 Å². The summed E-state index contributed by atoms with van der Waals surface area (Å²) < 4.78 is 14.0. The molecule has 1 aliphatic carbocycles. The van der Waals surface area contributed by atoms with Gasteiger partial charge < -0.3 is 11.1 Å². The van der Waals surface area contributed by atoms with Gasteiger partial charge in [-0.3, -0.25) is 0 Å². The van der Waals surface area contributed by atoms with Crippen molar-refractivity contribution in [3.63, 3.8) is 0 Å². The van der Waals surface area contributed by atoms with Crippen LogP contribution < -0.4 is 11.1 Å². The van der Waals surface area contributed by atoms with Crippen LogP contribution >= 0.6 is 0 Å². The molecule has 1 aliphatic rings. The molecule has 0 amide bonds. The Morgan fingerprint density at radius 1 is 1.39 bits per heavy atom. The highest BCUT2D eigenvalue weighted by atomic mass is 19.1. The van der Waals surface area contributed by atoms with Gasteiger partial charge >= 0.3 is 0 Å². The number of aromatic nitrogens is 2. The Morgan fingerprint density at radius 3 is 2.89 bits per heavy atom. The second-order valence-electron chi connectivity index (χ2n) is 4.87. The number of nitrogens with zero attached hydrogens (tertiary/aromatic N) is 2. The van der Waals surface area contributed by atoms with E-state index in [1.807, 2.05) is 6.92 Å². The van der Waals surface area contributed by atoms with Crippen LogP contribution in [0.25, 0.3) is 0 Å². The number of hydrogen-bond donors (Lipinski definition) is 2. The van der Waals surface area contributed by atoms with Crippen molar-refractivity contribution >= 4 is 5.82 Å². The highest BCUT2D eigenvalue weighted by Crippen LogP contribution is 2.27. The maximum atomic E-state index is 14.0. The summed E-state index contributed by atoms with van der Waals surface area (Å²) in [6, 6.07) is 0.234. The quantitative estimate of drug-likeness (QED) is 0.861. The predicted octanol–water partition coefficient (Wildman–Crippen LogP) is 2.11. The van der Waals surface area contributed by atoms with Crippen LogP contribution in [-0.2, 0) is 6.42 Å². The maximum Gasteiger partial charge on any atom is 0.186 e. The second kappa shape index (κ2) is 6.09. The van der Waals surface area contributed by atoms with Crippen molar-refractivity contribution in [3.8, 4) is 0 Å². The lowest BCUT2D eigenvalue weighted by molar-refractivity contribution is 0.331. The molecule has 1 heterocycles. The lowest BCUT2D eigenvalue weighted by Gasteiger charge is -2.31. The van der Waals surface area contributed by atoms with Crippen molar-refractivity contribution in [3.05, 3.63) is 17.8 Å². The molecule has 2 rings (SSSR count). The van der Waals surface area contributed by atoms with Gasteiger partial charge in [-0.25, -0.2) is 14.4 Å². The molecule has 18 heavy (non-hydrogen) atoms. The third-order valence-corrected chi connectivity index (χ3v) is 3.73. The van der Waals surface area contributed by atoms with Crippen LogP contribution in [0.3, 0.4) is 0 Å². The molecule has 1 aromatic heterocycles. The van der Waals surface area contributed by atoms with E-state index in [4.69, 9.17) is 5.73 Å². The predicted molar refractivity (Wildman–Crippen MR) is 69.8 cm³/mol. The standard InChI is InChI=1S/C13H21FN4/c1-2-10-12(14)13(17-8-16-10)18-11-6-4-3-5-9(11)7-15/h8-9,11H,2-7,15H2,1H3,(H,16,17,18). The zero-order valence-electron chi connectivity index (χ0n) is 10.8. The molecule has 3 N–H and O–H groups in total. The summed E-state index contributed by atoms with van der Waals surface area (Å²) in [5.74, 6) is 0.423. The Bertz CT molecular complexity index is 397. The van der Waals surface area contributed by atoms with Gasteiger partial charge in [0.15, 0.2) is 11.6 Å². The molecule has 1 aromatic rings. The average Bonchev–Trinajstić information content (AvgIpc) is 2.42. The van der Waals surface area contributed by atoms with Crippen LogP contribution in [0, 0.1) is 11.7 Å². The van der Waals surface area contributed by atoms with Crippen molar-refractivity contribution in [2.24, 2.45) is 11.7 Å². The fourth-order valence-corrected chi connectivity index (χ4v) is 2.61. The summed E-state index contributed by atoms with van der Waals surface area (Å²) >= 11 is 0. The molecule has 0 saturated heterocycles. The fraction of sp³-hybridized carbons (Fsp3) is 0.692. The van der Waals surface area contributed by atoms with Crippen LogP contribution in [0.4, 0.5) is 10.2 Å². The first-order chi connectivity index (χ1) is 8.76. The monoisotopic (exact) mass is 252 g/mol. The molecule has 1 fully saturated rings. The zero-order valence-corrected chi connectivity index (χ0v) is 10.8. The lowest BCUT2D eigenvalue weighted by atomic mass is 9.84. The number of aryl methyl sites for hydroxylation is 1. The van der Waals surface area contributed by atoms with Gasteiger partial charge in [-0.15, -0.1) is 0 Å². The van der Waals surface area contributed by atoms with Gasteiger partial charge in [-0.2, -0.15) is 0 Å². The van der Waals surface area contributed by atoms with Crippen LogP contribution in [-0.4, -0.2) is 22.6 Å². The first-order valence-corrected chi connectivity index (χ1v) is 6.72. The molecule has 4 nitrogen and oxygen atoms in total. The molecule has 1 saturated carbocycles. The van der Waals surface area contributed by atoms with E-state index in [0.717, 1.165) is 12.8 Å². The van der Waals surface area contributed by atoms with E-state index in [9.17, 15) is 4.39 Å². The highest BCUT2D eigenvalue weighted by molar-refractivity contribution is 5.38. The van der Waals surface area contributed by atoms with Gasteiger partial charge in [-0.1, -0.05) is 19.8 Å². The molecule has 0 aliphatic heterocycles. The van der Waals surface area contributed by atoms with Gasteiger partial charge in [0.1, 0.15) is 6.33 Å². The van der Waals surface area contributed by atoms with Crippen LogP contribution in [0.2, 0.25) is 0 Å². The third kappa shape index (κ3) is 2.77. The van der Waals surface area contributed by atoms with E-state index in [1.165, 1.54) is 19.2 Å². The molecule has 0 radical (unpaired) electrons. The SMILES string of the molecule is CCc1ncnc(NC2CCCCC2CN)c1F. The van der Waals surface area contributed by atoms with Crippen LogP contribution in [0.5, 0.6) is 0 Å². The zero-order chi connectivity index (χ0) is 13.0. The third-order valence-electron chi connectivity index (χ3n) is 3.73. The van der Waals surface area contributed by atoms with E-state index in [2.05, 4.69) is 15.3 Å². The van der Waals surface area contributed by atoms with E-state index in [1.54, 1.807) is 0 Å². The van der Waals surface area contributed by atoms with Crippen molar-refractivity contribution in [2.75, 3.05) is 11.9 Å². The first kappa shape index (κ1) is 13.2. The average molecular weight is 252 g/mol. The summed E-state index contributed by atoms with van der Waals surface area (Å²) in [4.78, 5) is 7.95. The van der Waals surface area contributed by atoms with Gasteiger partial charge in [0.05, 0.1) is 5.69 Å². The summed E-state index contributed by atoms with van der Waals surface area (Å²) in [7, 11) is 0. The Balaban J connectivity index is 2.12. The van der Waals surface area contributed by atoms with Crippen molar-refractivity contribution in [1.29, 1.82) is 0 Å². The summed E-state index contributed by atoms with van der Waals surface area (Å²) in [5.41, 5.74) is 6.24.